The first-order valence-corrected chi connectivity index (χ1v) is 8.72. The fourth-order valence-electron chi connectivity index (χ4n) is 2.94. The molecule has 1 unspecified atom stereocenters. The van der Waals surface area contributed by atoms with Gasteiger partial charge in [-0.3, -0.25) is 9.80 Å². The van der Waals surface area contributed by atoms with Crippen LogP contribution in [0, 0.1) is 6.92 Å². The van der Waals surface area contributed by atoms with Gasteiger partial charge < -0.3 is 4.90 Å². The fourth-order valence-corrected chi connectivity index (χ4v) is 3.29. The third kappa shape index (κ3) is 3.65. The first kappa shape index (κ1) is 17.8. The van der Waals surface area contributed by atoms with E-state index in [4.69, 9.17) is 23.2 Å². The highest BCUT2D eigenvalue weighted by molar-refractivity contribution is 6.39. The first-order valence-electron chi connectivity index (χ1n) is 7.97. The molecule has 0 radical (unpaired) electrons. The summed E-state index contributed by atoms with van der Waals surface area (Å²) in [5.41, 5.74) is 3.54. The molecule has 1 heterocycles. The Bertz CT molecular complexity index is 831. The van der Waals surface area contributed by atoms with Gasteiger partial charge in [-0.15, -0.1) is 0 Å². The molecule has 4 nitrogen and oxygen atoms in total. The molecule has 2 aromatic carbocycles. The van der Waals surface area contributed by atoms with Gasteiger partial charge in [0.25, 0.3) is 5.91 Å². The Kier molecular flexibility index (Phi) is 5.02. The summed E-state index contributed by atoms with van der Waals surface area (Å²) in [6, 6.07) is 13.3. The molecule has 130 valence electrons. The third-order valence-corrected chi connectivity index (χ3v) is 4.71. The SMILES string of the molecule is Cc1cc(Cl)ccc1N1N=C(C(=O)N(C)C)CC1c1ccc(Cl)cc1. The number of nitrogens with zero attached hydrogens (tertiary/aromatic N) is 3. The Labute approximate surface area is 157 Å². The molecule has 0 N–H and O–H groups in total. The third-order valence-electron chi connectivity index (χ3n) is 4.22. The largest absolute Gasteiger partial charge is 0.344 e. The number of carbonyl (C=O) groups is 1. The molecule has 3 rings (SSSR count). The van der Waals surface area contributed by atoms with Crippen LogP contribution in [0.2, 0.25) is 10.0 Å². The Morgan fingerprint density at radius 1 is 1.12 bits per heavy atom. The molecule has 0 aliphatic carbocycles. The maximum absolute atomic E-state index is 12.4. The van der Waals surface area contributed by atoms with E-state index in [0.717, 1.165) is 16.8 Å². The van der Waals surface area contributed by atoms with E-state index < -0.39 is 0 Å². The minimum Gasteiger partial charge on any atom is -0.344 e. The van der Waals surface area contributed by atoms with Crippen molar-refractivity contribution < 1.29 is 4.79 Å². The van der Waals surface area contributed by atoms with Crippen LogP contribution in [0.4, 0.5) is 5.69 Å². The molecule has 0 saturated carbocycles. The zero-order chi connectivity index (χ0) is 18.1. The molecule has 0 spiro atoms. The number of rotatable bonds is 3. The van der Waals surface area contributed by atoms with Gasteiger partial charge in [-0.25, -0.2) is 0 Å². The Balaban J connectivity index is 2.04. The molecule has 1 amide bonds. The molecule has 2 aromatic rings. The van der Waals surface area contributed by atoms with Crippen LogP contribution in [0.25, 0.3) is 0 Å². The lowest BCUT2D eigenvalue weighted by molar-refractivity contribution is -0.121. The molecule has 1 aliphatic rings. The molecular formula is C19H19Cl2N3O. The lowest BCUT2D eigenvalue weighted by Gasteiger charge is -2.25. The van der Waals surface area contributed by atoms with Crippen LogP contribution in [-0.2, 0) is 4.79 Å². The average Bonchev–Trinajstić information content (AvgIpc) is 2.99. The van der Waals surface area contributed by atoms with E-state index >= 15 is 0 Å². The normalized spacial score (nSPS) is 16.8. The van der Waals surface area contributed by atoms with Crippen LogP contribution >= 0.6 is 23.2 Å². The molecule has 0 bridgehead atoms. The topological polar surface area (TPSA) is 35.9 Å². The van der Waals surface area contributed by atoms with Gasteiger partial charge in [0.2, 0.25) is 0 Å². The summed E-state index contributed by atoms with van der Waals surface area (Å²) in [6.07, 6.45) is 0.542. The van der Waals surface area contributed by atoms with Crippen molar-refractivity contribution in [1.82, 2.24) is 4.90 Å². The standard InChI is InChI=1S/C19H19Cl2N3O/c1-12-10-15(21)8-9-17(12)24-18(13-4-6-14(20)7-5-13)11-16(22-24)19(25)23(2)3/h4-10,18H,11H2,1-3H3. The molecule has 0 fully saturated rings. The number of aryl methyl sites for hydroxylation is 1. The van der Waals surface area contributed by atoms with Gasteiger partial charge in [0.05, 0.1) is 11.7 Å². The summed E-state index contributed by atoms with van der Waals surface area (Å²) in [4.78, 5) is 14.0. The van der Waals surface area contributed by atoms with Crippen molar-refractivity contribution in [3.8, 4) is 0 Å². The van der Waals surface area contributed by atoms with Crippen molar-refractivity contribution in [3.63, 3.8) is 0 Å². The second-order valence-corrected chi connectivity index (χ2v) is 7.17. The van der Waals surface area contributed by atoms with Gasteiger partial charge in [-0.05, 0) is 48.4 Å². The van der Waals surface area contributed by atoms with Crippen molar-refractivity contribution in [3.05, 3.63) is 63.6 Å². The maximum Gasteiger partial charge on any atom is 0.269 e. The van der Waals surface area contributed by atoms with E-state index in [1.807, 2.05) is 54.4 Å². The maximum atomic E-state index is 12.4. The average molecular weight is 376 g/mol. The molecule has 0 aromatic heterocycles. The summed E-state index contributed by atoms with van der Waals surface area (Å²) in [6.45, 7) is 1.99. The molecule has 1 atom stereocenters. The summed E-state index contributed by atoms with van der Waals surface area (Å²) in [7, 11) is 3.47. The van der Waals surface area contributed by atoms with Crippen LogP contribution in [0.15, 0.2) is 47.6 Å². The number of halogens is 2. The smallest absolute Gasteiger partial charge is 0.269 e. The molecule has 1 aliphatic heterocycles. The van der Waals surface area contributed by atoms with Crippen LogP contribution in [0.3, 0.4) is 0 Å². The molecular weight excluding hydrogens is 357 g/mol. The summed E-state index contributed by atoms with van der Waals surface area (Å²) in [5, 5.41) is 7.90. The second-order valence-electron chi connectivity index (χ2n) is 6.29. The van der Waals surface area contributed by atoms with Crippen LogP contribution in [-0.4, -0.2) is 30.6 Å². The highest BCUT2D eigenvalue weighted by Gasteiger charge is 2.33. The number of amides is 1. The van der Waals surface area contributed by atoms with Crippen LogP contribution < -0.4 is 5.01 Å². The van der Waals surface area contributed by atoms with Gasteiger partial charge in [0.15, 0.2) is 0 Å². The predicted octanol–water partition coefficient (Wildman–Crippen LogP) is 4.70. The molecule has 25 heavy (non-hydrogen) atoms. The number of anilines is 1. The number of hydrogen-bond donors (Lipinski definition) is 0. The van der Waals surface area contributed by atoms with Crippen molar-refractivity contribution in [2.45, 2.75) is 19.4 Å². The summed E-state index contributed by atoms with van der Waals surface area (Å²) < 4.78 is 0. The van der Waals surface area contributed by atoms with E-state index in [1.165, 1.54) is 0 Å². The van der Waals surface area contributed by atoms with Crippen molar-refractivity contribution in [1.29, 1.82) is 0 Å². The molecule has 0 saturated heterocycles. The van der Waals surface area contributed by atoms with Gasteiger partial charge >= 0.3 is 0 Å². The summed E-state index contributed by atoms with van der Waals surface area (Å²) >= 11 is 12.1. The van der Waals surface area contributed by atoms with Gasteiger partial charge in [-0.2, -0.15) is 5.10 Å². The first-order chi connectivity index (χ1) is 11.9. The zero-order valence-corrected chi connectivity index (χ0v) is 15.8. The van der Waals surface area contributed by atoms with Gasteiger partial charge in [-0.1, -0.05) is 35.3 Å². The van der Waals surface area contributed by atoms with Gasteiger partial charge in [0, 0.05) is 30.6 Å². The monoisotopic (exact) mass is 375 g/mol. The minimum atomic E-state index is -0.0759. The van der Waals surface area contributed by atoms with Crippen molar-refractivity contribution >= 4 is 40.5 Å². The lowest BCUT2D eigenvalue weighted by Crippen LogP contribution is -2.29. The van der Waals surface area contributed by atoms with Crippen LogP contribution in [0.1, 0.15) is 23.6 Å². The zero-order valence-electron chi connectivity index (χ0n) is 14.3. The second kappa shape index (κ2) is 7.06. The predicted molar refractivity (Wildman–Crippen MR) is 104 cm³/mol. The van der Waals surface area contributed by atoms with Crippen molar-refractivity contribution in [2.24, 2.45) is 5.10 Å². The number of carbonyl (C=O) groups excluding carboxylic acids is 1. The van der Waals surface area contributed by atoms with E-state index in [-0.39, 0.29) is 11.9 Å². The minimum absolute atomic E-state index is 0.0592. The number of hydrogen-bond acceptors (Lipinski definition) is 3. The Morgan fingerprint density at radius 2 is 1.76 bits per heavy atom. The van der Waals surface area contributed by atoms with E-state index in [1.54, 1.807) is 19.0 Å². The lowest BCUT2D eigenvalue weighted by atomic mass is 10.0. The summed E-state index contributed by atoms with van der Waals surface area (Å²) in [5.74, 6) is -0.0759. The van der Waals surface area contributed by atoms with Crippen LogP contribution in [0.5, 0.6) is 0 Å². The fraction of sp³-hybridized carbons (Fsp3) is 0.263. The highest BCUT2D eigenvalue weighted by atomic mass is 35.5. The Morgan fingerprint density at radius 3 is 2.36 bits per heavy atom. The van der Waals surface area contributed by atoms with Crippen molar-refractivity contribution in [2.75, 3.05) is 19.1 Å². The van der Waals surface area contributed by atoms with Gasteiger partial charge in [0.1, 0.15) is 5.71 Å². The van der Waals surface area contributed by atoms with E-state index in [9.17, 15) is 4.79 Å². The van der Waals surface area contributed by atoms with E-state index in [2.05, 4.69) is 5.10 Å². The highest BCUT2D eigenvalue weighted by Crippen LogP contribution is 2.38. The molecule has 6 heteroatoms. The Hall–Kier alpha value is -2.04. The number of benzene rings is 2. The quantitative estimate of drug-likeness (QED) is 0.779. The number of hydrazone groups is 1. The van der Waals surface area contributed by atoms with E-state index in [0.29, 0.717) is 22.2 Å².